The van der Waals surface area contributed by atoms with E-state index in [1.165, 1.54) is 11.4 Å². The van der Waals surface area contributed by atoms with Crippen LogP contribution in [0.1, 0.15) is 20.8 Å². The number of nitrogens with two attached hydrogens (primary N) is 1. The summed E-state index contributed by atoms with van der Waals surface area (Å²) >= 11 is 0. The molecule has 0 saturated carbocycles. The fourth-order valence-corrected chi connectivity index (χ4v) is 2.60. The molecule has 1 aliphatic heterocycles. The Bertz CT molecular complexity index is 546. The lowest BCUT2D eigenvalue weighted by Gasteiger charge is -2.34. The second kappa shape index (κ2) is 5.25. The third kappa shape index (κ3) is 2.29. The van der Waals surface area contributed by atoms with Gasteiger partial charge >= 0.3 is 0 Å². The van der Waals surface area contributed by atoms with Crippen molar-refractivity contribution in [2.75, 3.05) is 26.4 Å². The Kier molecular flexibility index (Phi) is 3.81. The van der Waals surface area contributed by atoms with Gasteiger partial charge in [0.25, 0.3) is 6.29 Å². The van der Waals surface area contributed by atoms with Crippen molar-refractivity contribution in [2.24, 2.45) is 10.2 Å². The third-order valence-electron chi connectivity index (χ3n) is 4.50. The van der Waals surface area contributed by atoms with E-state index in [9.17, 15) is 0 Å². The molecule has 0 aliphatic carbocycles. The predicted octanol–water partition coefficient (Wildman–Crippen LogP) is 3.30. The Morgan fingerprint density at radius 3 is 2.40 bits per heavy atom. The zero-order chi connectivity index (χ0) is 14.9. The Hall–Kier alpha value is -1.88. The highest BCUT2D eigenvalue weighted by Gasteiger charge is 2.44. The number of nitrogen functional groups attached to an aromatic ring is 1. The summed E-state index contributed by atoms with van der Waals surface area (Å²) < 4.78 is 0.779. The summed E-state index contributed by atoms with van der Waals surface area (Å²) in [6.07, 6.45) is -0.00227. The minimum atomic E-state index is -0.00227. The maximum Gasteiger partial charge on any atom is 0.286 e. The van der Waals surface area contributed by atoms with E-state index in [1.807, 2.05) is 24.3 Å². The lowest BCUT2D eigenvalue weighted by Crippen LogP contribution is -2.50. The van der Waals surface area contributed by atoms with Gasteiger partial charge in [0, 0.05) is 19.7 Å². The Morgan fingerprint density at radius 1 is 1.25 bits per heavy atom. The van der Waals surface area contributed by atoms with Crippen LogP contribution in [0.25, 0.3) is 0 Å². The Balaban J connectivity index is 2.27. The summed E-state index contributed by atoms with van der Waals surface area (Å²) in [5.41, 5.74) is 9.87. The average Bonchev–Trinajstić information content (AvgIpc) is 2.61. The normalized spacial score (nSPS) is 26.9. The molecular formula is C15H24N5+. The Morgan fingerprint density at radius 2 is 1.85 bits per heavy atom. The molecule has 2 rings (SSSR count). The molecule has 0 aromatic heterocycles. The van der Waals surface area contributed by atoms with Crippen LogP contribution < -0.4 is 5.73 Å². The van der Waals surface area contributed by atoms with Gasteiger partial charge in [0.1, 0.15) is 5.70 Å². The minimum Gasteiger partial charge on any atom is -0.399 e. The van der Waals surface area contributed by atoms with Crippen molar-refractivity contribution in [1.29, 1.82) is 0 Å². The highest BCUT2D eigenvalue weighted by molar-refractivity contribution is 5.47. The van der Waals surface area contributed by atoms with Gasteiger partial charge in [-0.05, 0) is 38.1 Å². The van der Waals surface area contributed by atoms with Gasteiger partial charge in [-0.25, -0.2) is 0 Å². The van der Waals surface area contributed by atoms with Gasteiger partial charge in [-0.15, -0.1) is 10.2 Å². The van der Waals surface area contributed by atoms with Crippen LogP contribution in [0.2, 0.25) is 0 Å². The van der Waals surface area contributed by atoms with Crippen LogP contribution in [0.15, 0.2) is 45.9 Å². The molecule has 1 aromatic carbocycles. The van der Waals surface area contributed by atoms with Crippen molar-refractivity contribution in [3.63, 3.8) is 0 Å². The van der Waals surface area contributed by atoms with Gasteiger partial charge in [-0.3, -0.25) is 4.48 Å². The summed E-state index contributed by atoms with van der Waals surface area (Å²) in [7, 11) is 4.28. The van der Waals surface area contributed by atoms with Crippen molar-refractivity contribution in [1.82, 2.24) is 4.90 Å². The molecule has 20 heavy (non-hydrogen) atoms. The van der Waals surface area contributed by atoms with Crippen molar-refractivity contribution in [3.8, 4) is 0 Å². The minimum absolute atomic E-state index is 0.00227. The number of nitrogens with zero attached hydrogens (tertiary/aromatic N) is 4. The van der Waals surface area contributed by atoms with Crippen LogP contribution >= 0.6 is 0 Å². The molecule has 0 spiro atoms. The number of rotatable bonds is 3. The quantitative estimate of drug-likeness (QED) is 0.522. The fourth-order valence-electron chi connectivity index (χ4n) is 2.60. The first-order valence-corrected chi connectivity index (χ1v) is 6.92. The number of hydrogen-bond donors (Lipinski definition) is 1. The summed E-state index contributed by atoms with van der Waals surface area (Å²) in [6.45, 7) is 7.48. The van der Waals surface area contributed by atoms with Gasteiger partial charge in [-0.1, -0.05) is 0 Å². The summed E-state index contributed by atoms with van der Waals surface area (Å²) in [6, 6.07) is 7.46. The first kappa shape index (κ1) is 14.5. The lowest BCUT2D eigenvalue weighted by atomic mass is 10.3. The van der Waals surface area contributed by atoms with Gasteiger partial charge in [0.2, 0.25) is 0 Å². The molecule has 0 radical (unpaired) electrons. The van der Waals surface area contributed by atoms with Crippen molar-refractivity contribution in [2.45, 2.75) is 27.1 Å². The molecule has 1 heterocycles. The molecule has 1 aromatic rings. The Labute approximate surface area is 121 Å². The monoisotopic (exact) mass is 274 g/mol. The number of hydrogen-bond acceptors (Lipinski definition) is 4. The first-order valence-electron chi connectivity index (χ1n) is 6.92. The van der Waals surface area contributed by atoms with Crippen LogP contribution in [-0.4, -0.2) is 36.3 Å². The van der Waals surface area contributed by atoms with E-state index in [0.29, 0.717) is 0 Å². The highest BCUT2D eigenvalue weighted by Crippen LogP contribution is 2.35. The molecule has 0 fully saturated rings. The maximum absolute atomic E-state index is 5.68. The number of benzene rings is 1. The first-order chi connectivity index (χ1) is 9.40. The van der Waals surface area contributed by atoms with E-state index in [0.717, 1.165) is 22.4 Å². The van der Waals surface area contributed by atoms with Crippen molar-refractivity contribution >= 4 is 11.4 Å². The average molecular weight is 274 g/mol. The van der Waals surface area contributed by atoms with E-state index in [-0.39, 0.29) is 6.29 Å². The molecule has 1 aliphatic rings. The smallest absolute Gasteiger partial charge is 0.286 e. The van der Waals surface area contributed by atoms with Crippen LogP contribution in [-0.2, 0) is 0 Å². The standard InChI is InChI=1S/C15H24N5/c1-6-20(5)12(3)11(2)19(4)15(20)18-17-14-9-7-13(16)8-10-14/h7-10,15H,6,16H2,1-5H3/q+1. The van der Waals surface area contributed by atoms with E-state index >= 15 is 0 Å². The number of allylic oxidation sites excluding steroid dienone is 2. The fraction of sp³-hybridized carbons (Fsp3) is 0.467. The molecule has 0 amide bonds. The van der Waals surface area contributed by atoms with E-state index in [4.69, 9.17) is 5.73 Å². The van der Waals surface area contributed by atoms with Gasteiger partial charge in [0.15, 0.2) is 0 Å². The molecule has 2 N–H and O–H groups in total. The zero-order valence-corrected chi connectivity index (χ0v) is 13.0. The molecule has 2 atom stereocenters. The third-order valence-corrected chi connectivity index (χ3v) is 4.50. The zero-order valence-electron chi connectivity index (χ0n) is 13.0. The molecule has 5 heteroatoms. The number of azo groups is 1. The number of quaternary nitrogens is 1. The second-order valence-electron chi connectivity index (χ2n) is 5.52. The number of anilines is 1. The largest absolute Gasteiger partial charge is 0.399 e. The van der Waals surface area contributed by atoms with Crippen LogP contribution in [0, 0.1) is 0 Å². The van der Waals surface area contributed by atoms with Crippen LogP contribution in [0.5, 0.6) is 0 Å². The van der Waals surface area contributed by atoms with Gasteiger partial charge in [-0.2, -0.15) is 0 Å². The lowest BCUT2D eigenvalue weighted by molar-refractivity contribution is -0.898. The molecule has 0 bridgehead atoms. The topological polar surface area (TPSA) is 54.0 Å². The van der Waals surface area contributed by atoms with Gasteiger partial charge in [0.05, 0.1) is 25.0 Å². The molecule has 108 valence electrons. The van der Waals surface area contributed by atoms with Crippen LogP contribution in [0.3, 0.4) is 0 Å². The molecule has 5 nitrogen and oxygen atoms in total. The predicted molar refractivity (Wildman–Crippen MR) is 82.0 cm³/mol. The van der Waals surface area contributed by atoms with E-state index in [2.05, 4.69) is 50.0 Å². The van der Waals surface area contributed by atoms with Crippen LogP contribution in [0.4, 0.5) is 11.4 Å². The molecule has 0 saturated heterocycles. The SMILES string of the molecule is CC[N+]1(C)C(C)=C(C)N(C)C1N=Nc1ccc(N)cc1. The molecule has 2 unspecified atom stereocenters. The van der Waals surface area contributed by atoms with Crippen molar-refractivity contribution in [3.05, 3.63) is 35.7 Å². The second-order valence-corrected chi connectivity index (χ2v) is 5.52. The highest BCUT2D eigenvalue weighted by atomic mass is 15.6. The maximum atomic E-state index is 5.68. The summed E-state index contributed by atoms with van der Waals surface area (Å²) in [5, 5.41) is 8.95. The molecular weight excluding hydrogens is 250 g/mol. The summed E-state index contributed by atoms with van der Waals surface area (Å²) in [5.74, 6) is 0. The van der Waals surface area contributed by atoms with E-state index in [1.54, 1.807) is 0 Å². The van der Waals surface area contributed by atoms with Gasteiger partial charge < -0.3 is 10.6 Å². The summed E-state index contributed by atoms with van der Waals surface area (Å²) in [4.78, 5) is 2.19. The van der Waals surface area contributed by atoms with E-state index < -0.39 is 0 Å². The van der Waals surface area contributed by atoms with Crippen molar-refractivity contribution < 1.29 is 4.48 Å².